The zero-order valence-electron chi connectivity index (χ0n) is 21.2. The molecule has 1 aliphatic heterocycles. The summed E-state index contributed by atoms with van der Waals surface area (Å²) in [6.07, 6.45) is 2.12. The maximum absolute atomic E-state index is 13.8. The fourth-order valence-corrected chi connectivity index (χ4v) is 6.13. The molecule has 3 aromatic rings. The molecule has 1 aliphatic carbocycles. The molecule has 0 amide bonds. The monoisotopic (exact) mass is 549 g/mol. The average Bonchev–Trinajstić information content (AvgIpc) is 2.91. The summed E-state index contributed by atoms with van der Waals surface area (Å²) in [4.78, 5) is 40.9. The number of allylic oxidation sites excluding steroid dienone is 3. The number of para-hydroxylation sites is 1. The minimum Gasteiger partial charge on any atom is -0.464 e. The molecular weight excluding hydrogens is 522 g/mol. The Kier molecular flexibility index (Phi) is 7.77. The summed E-state index contributed by atoms with van der Waals surface area (Å²) >= 11 is 8.14. The number of halogens is 1. The van der Waals surface area contributed by atoms with E-state index in [0.29, 0.717) is 45.1 Å². The zero-order valence-corrected chi connectivity index (χ0v) is 22.8. The number of fused-ring (bicyclic) bond motifs is 1. The summed E-state index contributed by atoms with van der Waals surface area (Å²) in [5, 5.41) is 4.32. The molecule has 0 radical (unpaired) electrons. The van der Waals surface area contributed by atoms with Crippen LogP contribution < -0.4 is 10.7 Å². The van der Waals surface area contributed by atoms with Gasteiger partial charge in [-0.05, 0) is 48.8 Å². The topological polar surface area (TPSA) is 85.6 Å². The molecule has 0 spiro atoms. The van der Waals surface area contributed by atoms with Gasteiger partial charge in [0.25, 0.3) is 0 Å². The Morgan fingerprint density at radius 3 is 2.66 bits per heavy atom. The molecule has 0 saturated heterocycles. The Bertz CT molecular complexity index is 1540. The second-order valence-electron chi connectivity index (χ2n) is 9.39. The molecule has 2 atom stereocenters. The molecule has 0 bridgehead atoms. The van der Waals surface area contributed by atoms with E-state index in [1.54, 1.807) is 43.0 Å². The molecule has 38 heavy (non-hydrogen) atoms. The number of carbonyl (C=O) groups is 2. The van der Waals surface area contributed by atoms with Crippen molar-refractivity contribution in [2.75, 3.05) is 18.1 Å². The smallest absolute Gasteiger partial charge is 0.336 e. The van der Waals surface area contributed by atoms with Crippen LogP contribution in [0, 0.1) is 0 Å². The second kappa shape index (κ2) is 11.2. The molecule has 2 aliphatic rings. The Labute approximate surface area is 230 Å². The van der Waals surface area contributed by atoms with E-state index in [0.717, 1.165) is 11.3 Å². The van der Waals surface area contributed by atoms with Crippen LogP contribution in [0.15, 0.2) is 86.5 Å². The van der Waals surface area contributed by atoms with E-state index in [1.807, 2.05) is 31.2 Å². The van der Waals surface area contributed by atoms with Gasteiger partial charge in [-0.15, -0.1) is 0 Å². The third-order valence-corrected chi connectivity index (χ3v) is 8.28. The number of ketones is 1. The van der Waals surface area contributed by atoms with Gasteiger partial charge in [0.05, 0.1) is 23.1 Å². The van der Waals surface area contributed by atoms with E-state index in [4.69, 9.17) is 20.8 Å². The fraction of sp³-hybridized carbons (Fsp3) is 0.300. The van der Waals surface area contributed by atoms with Gasteiger partial charge in [-0.3, -0.25) is 9.59 Å². The summed E-state index contributed by atoms with van der Waals surface area (Å²) in [6, 6.07) is 14.5. The molecule has 6 nitrogen and oxygen atoms in total. The first-order chi connectivity index (χ1) is 18.4. The van der Waals surface area contributed by atoms with Crippen molar-refractivity contribution in [1.82, 2.24) is 5.32 Å². The minimum atomic E-state index is -0.891. The first-order valence-electron chi connectivity index (χ1n) is 12.6. The van der Waals surface area contributed by atoms with Crippen molar-refractivity contribution in [2.45, 2.75) is 38.5 Å². The van der Waals surface area contributed by atoms with Crippen LogP contribution in [0.2, 0.25) is 5.02 Å². The predicted molar refractivity (Wildman–Crippen MR) is 150 cm³/mol. The molecule has 0 saturated carbocycles. The first-order valence-corrected chi connectivity index (χ1v) is 14.2. The molecule has 0 unspecified atom stereocenters. The lowest BCUT2D eigenvalue weighted by Crippen LogP contribution is -2.37. The number of Topliss-reactive ketones (excluding diaryl/α,β-unsaturated/α-hetero) is 1. The van der Waals surface area contributed by atoms with Gasteiger partial charge in [-0.25, -0.2) is 4.79 Å². The Morgan fingerprint density at radius 1 is 1.11 bits per heavy atom. The zero-order chi connectivity index (χ0) is 26.8. The highest BCUT2D eigenvalue weighted by atomic mass is 35.5. The highest BCUT2D eigenvalue weighted by molar-refractivity contribution is 7.99. The quantitative estimate of drug-likeness (QED) is 0.281. The lowest BCUT2D eigenvalue weighted by molar-refractivity contribution is -0.138. The van der Waals surface area contributed by atoms with Gasteiger partial charge in [0.15, 0.2) is 11.2 Å². The summed E-state index contributed by atoms with van der Waals surface area (Å²) in [5.41, 5.74) is 3.25. The van der Waals surface area contributed by atoms with E-state index in [9.17, 15) is 14.4 Å². The Morgan fingerprint density at radius 2 is 1.87 bits per heavy atom. The molecular formula is C30H28ClNO5S. The molecule has 196 valence electrons. The van der Waals surface area contributed by atoms with Crippen molar-refractivity contribution in [3.8, 4) is 0 Å². The SMILES string of the molecule is CCSCCOC(=O)C1=C(C)NC2=C(C(=O)C[C@@H](c3ccccc3Cl)C2)[C@H]1c1coc2ccccc2c1=O. The Balaban J connectivity index is 1.61. The molecule has 8 heteroatoms. The number of esters is 1. The van der Waals surface area contributed by atoms with E-state index in [2.05, 4.69) is 5.32 Å². The number of nitrogens with one attached hydrogen (secondary N) is 1. The molecule has 5 rings (SSSR count). The minimum absolute atomic E-state index is 0.122. The lowest BCUT2D eigenvalue weighted by atomic mass is 9.72. The van der Waals surface area contributed by atoms with Gasteiger partial charge in [0.1, 0.15) is 12.2 Å². The average molecular weight is 550 g/mol. The van der Waals surface area contributed by atoms with Gasteiger partial charge < -0.3 is 14.5 Å². The van der Waals surface area contributed by atoms with E-state index < -0.39 is 11.9 Å². The van der Waals surface area contributed by atoms with Crippen molar-refractivity contribution in [3.63, 3.8) is 0 Å². The summed E-state index contributed by atoms with van der Waals surface area (Å²) in [5.74, 6) is -0.116. The van der Waals surface area contributed by atoms with Crippen LogP contribution in [0.25, 0.3) is 11.0 Å². The van der Waals surface area contributed by atoms with Crippen molar-refractivity contribution >= 4 is 46.1 Å². The number of rotatable bonds is 7. The van der Waals surface area contributed by atoms with E-state index in [1.165, 1.54) is 6.26 Å². The van der Waals surface area contributed by atoms with Crippen LogP contribution in [-0.4, -0.2) is 29.9 Å². The van der Waals surface area contributed by atoms with Crippen molar-refractivity contribution in [1.29, 1.82) is 0 Å². The van der Waals surface area contributed by atoms with Gasteiger partial charge >= 0.3 is 5.97 Å². The molecule has 0 fully saturated rings. The number of benzene rings is 2. The number of dihydropyridines is 1. The van der Waals surface area contributed by atoms with E-state index in [-0.39, 0.29) is 41.3 Å². The van der Waals surface area contributed by atoms with Gasteiger partial charge in [-0.1, -0.05) is 48.9 Å². The standard InChI is InChI=1S/C30H28ClNO5S/c1-3-38-13-12-36-30(35)26-17(2)32-23-14-18(19-8-4-6-10-22(19)31)15-24(33)28(23)27(26)21-16-37-25-11-7-5-9-20(25)29(21)34/h4-11,16,18,27,32H,3,12-15H2,1-2H3/t18-,27-/m0/s1. The highest BCUT2D eigenvalue weighted by Gasteiger charge is 2.43. The third-order valence-electron chi connectivity index (χ3n) is 7.08. The van der Waals surface area contributed by atoms with Gasteiger partial charge in [0, 0.05) is 39.7 Å². The molecule has 2 aromatic carbocycles. The van der Waals surface area contributed by atoms with Crippen molar-refractivity contribution < 1.29 is 18.7 Å². The maximum Gasteiger partial charge on any atom is 0.336 e. The second-order valence-corrected chi connectivity index (χ2v) is 11.2. The van der Waals surface area contributed by atoms with Crippen LogP contribution in [0.1, 0.15) is 49.7 Å². The molecule has 1 aromatic heterocycles. The lowest BCUT2D eigenvalue weighted by Gasteiger charge is -2.36. The third kappa shape index (κ3) is 4.93. The number of ether oxygens (including phenoxy) is 1. The Hall–Kier alpha value is -3.29. The molecule has 1 N–H and O–H groups in total. The summed E-state index contributed by atoms with van der Waals surface area (Å²) in [6.45, 7) is 4.06. The summed E-state index contributed by atoms with van der Waals surface area (Å²) < 4.78 is 11.4. The number of hydrogen-bond donors (Lipinski definition) is 1. The van der Waals surface area contributed by atoms with Crippen LogP contribution in [0.5, 0.6) is 0 Å². The molecule has 2 heterocycles. The summed E-state index contributed by atoms with van der Waals surface area (Å²) in [7, 11) is 0. The van der Waals surface area contributed by atoms with Gasteiger partial charge in [-0.2, -0.15) is 11.8 Å². The number of hydrogen-bond acceptors (Lipinski definition) is 7. The number of thioether (sulfide) groups is 1. The van der Waals surface area contributed by atoms with Crippen molar-refractivity contribution in [2.24, 2.45) is 0 Å². The predicted octanol–water partition coefficient (Wildman–Crippen LogP) is 6.10. The largest absolute Gasteiger partial charge is 0.464 e. The van der Waals surface area contributed by atoms with Crippen molar-refractivity contribution in [3.05, 3.63) is 104 Å². The van der Waals surface area contributed by atoms with Crippen LogP contribution in [-0.2, 0) is 14.3 Å². The van der Waals surface area contributed by atoms with Crippen LogP contribution >= 0.6 is 23.4 Å². The van der Waals surface area contributed by atoms with E-state index >= 15 is 0 Å². The highest BCUT2D eigenvalue weighted by Crippen LogP contribution is 2.46. The van der Waals surface area contributed by atoms with Crippen LogP contribution in [0.3, 0.4) is 0 Å². The first kappa shape index (κ1) is 26.3. The number of carbonyl (C=O) groups excluding carboxylic acids is 2. The van der Waals surface area contributed by atoms with Gasteiger partial charge in [0.2, 0.25) is 0 Å². The normalized spacial score (nSPS) is 19.4. The van der Waals surface area contributed by atoms with Crippen LogP contribution in [0.4, 0.5) is 0 Å². The maximum atomic E-state index is 13.8. The fourth-order valence-electron chi connectivity index (χ4n) is 5.35.